The molecule has 114 valence electrons. The van der Waals surface area contributed by atoms with E-state index >= 15 is 0 Å². The molecule has 0 heterocycles. The predicted octanol–water partition coefficient (Wildman–Crippen LogP) is 0.223. The van der Waals surface area contributed by atoms with Crippen molar-refractivity contribution in [1.29, 1.82) is 0 Å². The Bertz CT molecular complexity index is 540. The molecule has 0 aliphatic rings. The van der Waals surface area contributed by atoms with Gasteiger partial charge in [-0.3, -0.25) is 19.7 Å². The Balaban J connectivity index is 3.13. The van der Waals surface area contributed by atoms with E-state index in [0.29, 0.717) is 0 Å². The Morgan fingerprint density at radius 1 is 1.33 bits per heavy atom. The largest absolute Gasteiger partial charge is 0.394 e. The first-order valence-corrected chi connectivity index (χ1v) is 6.11. The molecule has 0 bridgehead atoms. The highest BCUT2D eigenvalue weighted by molar-refractivity contribution is 6.00. The molecule has 0 saturated heterocycles. The molecule has 0 aromatic heterocycles. The molecule has 0 spiro atoms. The fourth-order valence-electron chi connectivity index (χ4n) is 1.72. The summed E-state index contributed by atoms with van der Waals surface area (Å²) in [5.41, 5.74) is -0.326. The van der Waals surface area contributed by atoms with Crippen LogP contribution < -0.4 is 0 Å². The highest BCUT2D eigenvalue weighted by atomic mass is 16.6. The molecule has 0 fully saturated rings. The molecule has 8 heteroatoms. The predicted molar refractivity (Wildman–Crippen MR) is 73.2 cm³/mol. The van der Waals surface area contributed by atoms with Gasteiger partial charge in [-0.2, -0.15) is 0 Å². The summed E-state index contributed by atoms with van der Waals surface area (Å²) in [6.07, 6.45) is -1.11. The number of nitro benzene ring substituents is 1. The normalized spacial score (nSPS) is 11.8. The van der Waals surface area contributed by atoms with Crippen molar-refractivity contribution in [1.82, 2.24) is 4.90 Å². The Hall–Kier alpha value is -2.32. The smallest absolute Gasteiger partial charge is 0.270 e. The third-order valence-corrected chi connectivity index (χ3v) is 2.82. The van der Waals surface area contributed by atoms with Crippen LogP contribution in [-0.4, -0.2) is 58.0 Å². The van der Waals surface area contributed by atoms with Crippen molar-refractivity contribution in [2.45, 2.75) is 13.0 Å². The first-order valence-electron chi connectivity index (χ1n) is 6.11. The molecule has 1 atom stereocenters. The van der Waals surface area contributed by atoms with Gasteiger partial charge in [0.05, 0.1) is 17.6 Å². The maximum absolute atomic E-state index is 12.1. The van der Waals surface area contributed by atoms with E-state index in [4.69, 9.17) is 5.11 Å². The first kappa shape index (κ1) is 16.7. The molecule has 1 aromatic rings. The minimum atomic E-state index is -1.11. The van der Waals surface area contributed by atoms with E-state index in [1.54, 1.807) is 0 Å². The Morgan fingerprint density at radius 3 is 2.38 bits per heavy atom. The number of Topliss-reactive ketones (excluding diaryl/α,β-unsaturated/α-hetero) is 1. The Labute approximate surface area is 120 Å². The Kier molecular flexibility index (Phi) is 5.51. The van der Waals surface area contributed by atoms with Gasteiger partial charge in [0, 0.05) is 36.9 Å². The molecule has 0 aliphatic carbocycles. The van der Waals surface area contributed by atoms with Crippen LogP contribution in [0.1, 0.15) is 27.6 Å². The third kappa shape index (κ3) is 4.33. The fraction of sp³-hybridized carbons (Fsp3) is 0.385. The number of hydrogen-bond acceptors (Lipinski definition) is 6. The lowest BCUT2D eigenvalue weighted by Crippen LogP contribution is -2.35. The number of carbonyl (C=O) groups excluding carboxylic acids is 2. The second-order valence-corrected chi connectivity index (χ2v) is 4.60. The molecule has 8 nitrogen and oxygen atoms in total. The summed E-state index contributed by atoms with van der Waals surface area (Å²) in [7, 11) is 1.38. The maximum Gasteiger partial charge on any atom is 0.270 e. The highest BCUT2D eigenvalue weighted by Crippen LogP contribution is 2.19. The van der Waals surface area contributed by atoms with E-state index in [1.165, 1.54) is 20.0 Å². The van der Waals surface area contributed by atoms with Gasteiger partial charge in [-0.15, -0.1) is 0 Å². The van der Waals surface area contributed by atoms with Gasteiger partial charge in [0.25, 0.3) is 11.6 Å². The van der Waals surface area contributed by atoms with Crippen LogP contribution in [0.25, 0.3) is 0 Å². The van der Waals surface area contributed by atoms with Gasteiger partial charge in [-0.25, -0.2) is 0 Å². The van der Waals surface area contributed by atoms with E-state index in [9.17, 15) is 24.8 Å². The van der Waals surface area contributed by atoms with E-state index in [1.807, 2.05) is 0 Å². The van der Waals surface area contributed by atoms with Crippen molar-refractivity contribution in [3.63, 3.8) is 0 Å². The van der Waals surface area contributed by atoms with Gasteiger partial charge in [0.2, 0.25) is 0 Å². The number of aliphatic hydroxyl groups is 2. The van der Waals surface area contributed by atoms with Gasteiger partial charge in [-0.1, -0.05) is 0 Å². The standard InChI is InChI=1S/C13H16N2O6/c1-8(17)9-3-10(5-11(4-9)15(20)21)13(19)14(2)6-12(18)7-16/h3-5,12,16,18H,6-7H2,1-2H3. The number of rotatable bonds is 6. The number of likely N-dealkylation sites (N-methyl/N-ethyl adjacent to an activating group) is 1. The molecule has 0 radical (unpaired) electrons. The molecule has 0 saturated carbocycles. The second-order valence-electron chi connectivity index (χ2n) is 4.60. The SMILES string of the molecule is CC(=O)c1cc(C(=O)N(C)CC(O)CO)cc([N+](=O)[O-])c1. The highest BCUT2D eigenvalue weighted by Gasteiger charge is 2.20. The van der Waals surface area contributed by atoms with Gasteiger partial charge in [-0.05, 0) is 13.0 Å². The molecule has 1 aromatic carbocycles. The molecular formula is C13H16N2O6. The number of benzene rings is 1. The molecule has 2 N–H and O–H groups in total. The van der Waals surface area contributed by atoms with Crippen LogP contribution in [0.5, 0.6) is 0 Å². The van der Waals surface area contributed by atoms with Crippen LogP contribution in [0.15, 0.2) is 18.2 Å². The summed E-state index contributed by atoms with van der Waals surface area (Å²) in [5, 5.41) is 28.9. The summed E-state index contributed by atoms with van der Waals surface area (Å²) in [6, 6.07) is 3.43. The van der Waals surface area contributed by atoms with Crippen LogP contribution >= 0.6 is 0 Å². The summed E-state index contributed by atoms with van der Waals surface area (Å²) in [5.74, 6) is -0.987. The monoisotopic (exact) mass is 296 g/mol. The topological polar surface area (TPSA) is 121 Å². The van der Waals surface area contributed by atoms with Gasteiger partial charge in [0.15, 0.2) is 5.78 Å². The lowest BCUT2D eigenvalue weighted by molar-refractivity contribution is -0.384. The van der Waals surface area contributed by atoms with Crippen molar-refractivity contribution in [2.75, 3.05) is 20.2 Å². The number of nitro groups is 1. The van der Waals surface area contributed by atoms with Crippen LogP contribution in [-0.2, 0) is 0 Å². The Morgan fingerprint density at radius 2 is 1.90 bits per heavy atom. The minimum absolute atomic E-state index is 0.0259. The van der Waals surface area contributed by atoms with E-state index in [2.05, 4.69) is 0 Å². The zero-order valence-electron chi connectivity index (χ0n) is 11.6. The average molecular weight is 296 g/mol. The fourth-order valence-corrected chi connectivity index (χ4v) is 1.72. The van der Waals surface area contributed by atoms with Gasteiger partial charge >= 0.3 is 0 Å². The lowest BCUT2D eigenvalue weighted by atomic mass is 10.1. The molecule has 21 heavy (non-hydrogen) atoms. The van der Waals surface area contributed by atoms with E-state index < -0.39 is 29.3 Å². The number of carbonyl (C=O) groups is 2. The van der Waals surface area contributed by atoms with Gasteiger partial charge < -0.3 is 15.1 Å². The quantitative estimate of drug-likeness (QED) is 0.440. The van der Waals surface area contributed by atoms with Crippen molar-refractivity contribution in [3.05, 3.63) is 39.4 Å². The lowest BCUT2D eigenvalue weighted by Gasteiger charge is -2.19. The zero-order valence-corrected chi connectivity index (χ0v) is 11.6. The number of aliphatic hydroxyl groups excluding tert-OH is 2. The number of nitrogens with zero attached hydrogens (tertiary/aromatic N) is 2. The van der Waals surface area contributed by atoms with Crippen molar-refractivity contribution < 1.29 is 24.7 Å². The minimum Gasteiger partial charge on any atom is -0.394 e. The summed E-state index contributed by atoms with van der Waals surface area (Å²) < 4.78 is 0. The molecule has 1 unspecified atom stereocenters. The van der Waals surface area contributed by atoms with Crippen LogP contribution in [0, 0.1) is 10.1 Å². The summed E-state index contributed by atoms with van der Waals surface area (Å²) >= 11 is 0. The second kappa shape index (κ2) is 6.91. The first-order chi connectivity index (χ1) is 9.76. The van der Waals surface area contributed by atoms with Crippen molar-refractivity contribution >= 4 is 17.4 Å². The summed E-state index contributed by atoms with van der Waals surface area (Å²) in [6.45, 7) is 0.602. The average Bonchev–Trinajstić information content (AvgIpc) is 2.45. The number of amides is 1. The maximum atomic E-state index is 12.1. The molecular weight excluding hydrogens is 280 g/mol. The summed E-state index contributed by atoms with van der Waals surface area (Å²) in [4.78, 5) is 34.8. The van der Waals surface area contributed by atoms with Crippen LogP contribution in [0.2, 0.25) is 0 Å². The molecule has 1 amide bonds. The number of ketones is 1. The van der Waals surface area contributed by atoms with E-state index in [0.717, 1.165) is 17.0 Å². The van der Waals surface area contributed by atoms with Crippen molar-refractivity contribution in [2.24, 2.45) is 0 Å². The molecule has 1 rings (SSSR count). The third-order valence-electron chi connectivity index (χ3n) is 2.82. The van der Waals surface area contributed by atoms with Crippen molar-refractivity contribution in [3.8, 4) is 0 Å². The molecule has 0 aliphatic heterocycles. The van der Waals surface area contributed by atoms with Crippen LogP contribution in [0.3, 0.4) is 0 Å². The number of hydrogen-bond donors (Lipinski definition) is 2. The van der Waals surface area contributed by atoms with Gasteiger partial charge in [0.1, 0.15) is 0 Å². The zero-order chi connectivity index (χ0) is 16.2. The van der Waals surface area contributed by atoms with Crippen LogP contribution in [0.4, 0.5) is 5.69 Å². The number of non-ortho nitro benzene ring substituents is 1. The van der Waals surface area contributed by atoms with E-state index in [-0.39, 0.29) is 23.4 Å².